The van der Waals surface area contributed by atoms with Gasteiger partial charge in [-0.2, -0.15) is 0 Å². The van der Waals surface area contributed by atoms with E-state index in [2.05, 4.69) is 22.8 Å². The van der Waals surface area contributed by atoms with Crippen LogP contribution in [-0.4, -0.2) is 29.9 Å². The van der Waals surface area contributed by atoms with Gasteiger partial charge in [-0.05, 0) is 47.2 Å². The zero-order chi connectivity index (χ0) is 21.5. The van der Waals surface area contributed by atoms with Crippen LogP contribution < -0.4 is 10.6 Å². The van der Waals surface area contributed by atoms with Gasteiger partial charge in [0, 0.05) is 25.3 Å². The highest BCUT2D eigenvalue weighted by Crippen LogP contribution is 2.19. The fourth-order valence-corrected chi connectivity index (χ4v) is 3.82. The van der Waals surface area contributed by atoms with Gasteiger partial charge in [0.05, 0.1) is 6.42 Å². The van der Waals surface area contributed by atoms with Crippen molar-refractivity contribution < 1.29 is 9.59 Å². The fourth-order valence-electron chi connectivity index (χ4n) is 3.82. The molecule has 0 unspecified atom stereocenters. The van der Waals surface area contributed by atoms with Crippen molar-refractivity contribution in [3.63, 3.8) is 0 Å². The molecule has 3 aromatic carbocycles. The molecule has 0 aliphatic carbocycles. The van der Waals surface area contributed by atoms with Gasteiger partial charge in [0.1, 0.15) is 0 Å². The van der Waals surface area contributed by atoms with Gasteiger partial charge in [0.15, 0.2) is 0 Å². The number of carbonyl (C=O) groups is 2. The van der Waals surface area contributed by atoms with E-state index in [9.17, 15) is 9.59 Å². The van der Waals surface area contributed by atoms with E-state index < -0.39 is 0 Å². The van der Waals surface area contributed by atoms with Gasteiger partial charge in [-0.15, -0.1) is 0 Å². The molecule has 0 aromatic heterocycles. The normalized spacial score (nSPS) is 12.7. The van der Waals surface area contributed by atoms with Gasteiger partial charge in [0.25, 0.3) is 0 Å². The molecule has 5 heteroatoms. The second-order valence-corrected chi connectivity index (χ2v) is 7.83. The molecule has 1 aliphatic rings. The molecule has 1 aliphatic heterocycles. The number of rotatable bonds is 6. The molecule has 5 nitrogen and oxygen atoms in total. The number of amides is 3. The Bertz CT molecular complexity index is 1030. The molecule has 31 heavy (non-hydrogen) atoms. The van der Waals surface area contributed by atoms with E-state index in [1.807, 2.05) is 71.6 Å². The molecule has 4 rings (SSSR count). The number of hydrogen-bond donors (Lipinski definition) is 2. The topological polar surface area (TPSA) is 61.4 Å². The first kappa shape index (κ1) is 20.7. The number of fused-ring (bicyclic) bond motifs is 1. The van der Waals surface area contributed by atoms with Crippen molar-refractivity contribution in [1.82, 2.24) is 10.2 Å². The monoisotopic (exact) mass is 413 g/mol. The molecule has 158 valence electrons. The predicted octanol–water partition coefficient (Wildman–Crippen LogP) is 4.18. The van der Waals surface area contributed by atoms with E-state index in [4.69, 9.17) is 0 Å². The molecule has 3 aromatic rings. The highest BCUT2D eigenvalue weighted by atomic mass is 16.2. The van der Waals surface area contributed by atoms with Crippen LogP contribution in [0.25, 0.3) is 0 Å². The Kier molecular flexibility index (Phi) is 6.62. The summed E-state index contributed by atoms with van der Waals surface area (Å²) < 4.78 is 0. The lowest BCUT2D eigenvalue weighted by Gasteiger charge is -2.29. The SMILES string of the molecule is O=C(Cc1ccccc1)NCCc1ccc(NC(=O)N2CCc3ccccc3C2)cc1. The van der Waals surface area contributed by atoms with Crippen LogP contribution in [0, 0.1) is 0 Å². The van der Waals surface area contributed by atoms with Crippen molar-refractivity contribution in [2.75, 3.05) is 18.4 Å². The molecule has 0 spiro atoms. The van der Waals surface area contributed by atoms with Crippen LogP contribution in [0.1, 0.15) is 22.3 Å². The Balaban J connectivity index is 1.22. The molecule has 0 atom stereocenters. The highest BCUT2D eigenvalue weighted by molar-refractivity contribution is 5.89. The van der Waals surface area contributed by atoms with Crippen molar-refractivity contribution in [3.8, 4) is 0 Å². The van der Waals surface area contributed by atoms with Gasteiger partial charge in [-0.3, -0.25) is 4.79 Å². The molecule has 1 heterocycles. The molecule has 0 bridgehead atoms. The number of anilines is 1. The summed E-state index contributed by atoms with van der Waals surface area (Å²) in [7, 11) is 0. The molecule has 0 fully saturated rings. The number of nitrogens with zero attached hydrogens (tertiary/aromatic N) is 1. The Morgan fingerprint density at radius 2 is 1.52 bits per heavy atom. The Morgan fingerprint density at radius 1 is 0.806 bits per heavy atom. The summed E-state index contributed by atoms with van der Waals surface area (Å²) in [6, 6.07) is 25.7. The fraction of sp³-hybridized carbons (Fsp3) is 0.231. The van der Waals surface area contributed by atoms with Crippen molar-refractivity contribution in [2.45, 2.75) is 25.8 Å². The Morgan fingerprint density at radius 3 is 2.29 bits per heavy atom. The van der Waals surface area contributed by atoms with E-state index >= 15 is 0 Å². The maximum atomic E-state index is 12.6. The van der Waals surface area contributed by atoms with Gasteiger partial charge in [-0.25, -0.2) is 4.79 Å². The molecule has 2 N–H and O–H groups in total. The van der Waals surface area contributed by atoms with E-state index in [0.29, 0.717) is 19.5 Å². The first-order chi connectivity index (χ1) is 15.2. The lowest BCUT2D eigenvalue weighted by molar-refractivity contribution is -0.120. The van der Waals surface area contributed by atoms with Gasteiger partial charge >= 0.3 is 6.03 Å². The van der Waals surface area contributed by atoms with Crippen LogP contribution in [0.15, 0.2) is 78.9 Å². The van der Waals surface area contributed by atoms with E-state index in [1.165, 1.54) is 11.1 Å². The summed E-state index contributed by atoms with van der Waals surface area (Å²) in [4.78, 5) is 26.5. The maximum Gasteiger partial charge on any atom is 0.322 e. The minimum atomic E-state index is -0.0737. The lowest BCUT2D eigenvalue weighted by atomic mass is 10.0. The summed E-state index contributed by atoms with van der Waals surface area (Å²) in [5.41, 5.74) is 5.45. The quantitative estimate of drug-likeness (QED) is 0.637. The van der Waals surface area contributed by atoms with Crippen molar-refractivity contribution >= 4 is 17.6 Å². The van der Waals surface area contributed by atoms with Gasteiger partial charge in [0.2, 0.25) is 5.91 Å². The summed E-state index contributed by atoms with van der Waals surface area (Å²) >= 11 is 0. The molecule has 0 saturated heterocycles. The Hall–Kier alpha value is -3.60. The zero-order valence-electron chi connectivity index (χ0n) is 17.5. The van der Waals surface area contributed by atoms with Crippen LogP contribution >= 0.6 is 0 Å². The molecule has 0 saturated carbocycles. The summed E-state index contributed by atoms with van der Waals surface area (Å²) in [6.07, 6.45) is 2.03. The zero-order valence-corrected chi connectivity index (χ0v) is 17.5. The number of benzene rings is 3. The van der Waals surface area contributed by atoms with Crippen LogP contribution in [0.4, 0.5) is 10.5 Å². The second-order valence-electron chi connectivity index (χ2n) is 7.83. The molecular formula is C26H27N3O2. The highest BCUT2D eigenvalue weighted by Gasteiger charge is 2.20. The first-order valence-electron chi connectivity index (χ1n) is 10.7. The third-order valence-corrected chi connectivity index (χ3v) is 5.57. The first-order valence-corrected chi connectivity index (χ1v) is 10.7. The van der Waals surface area contributed by atoms with Gasteiger partial charge in [-0.1, -0.05) is 66.7 Å². The number of urea groups is 1. The van der Waals surface area contributed by atoms with Gasteiger partial charge < -0.3 is 15.5 Å². The largest absolute Gasteiger partial charge is 0.355 e. The number of carbonyl (C=O) groups excluding carboxylic acids is 2. The maximum absolute atomic E-state index is 12.6. The predicted molar refractivity (Wildman–Crippen MR) is 123 cm³/mol. The minimum absolute atomic E-state index is 0.0261. The van der Waals surface area contributed by atoms with Crippen LogP contribution in [-0.2, 0) is 30.6 Å². The average Bonchev–Trinajstić information content (AvgIpc) is 2.80. The molecular weight excluding hydrogens is 386 g/mol. The third-order valence-electron chi connectivity index (χ3n) is 5.57. The molecule has 0 radical (unpaired) electrons. The lowest BCUT2D eigenvalue weighted by Crippen LogP contribution is -2.38. The number of nitrogens with one attached hydrogen (secondary N) is 2. The molecule has 3 amide bonds. The minimum Gasteiger partial charge on any atom is -0.355 e. The summed E-state index contributed by atoms with van der Waals surface area (Å²) in [5.74, 6) is 0.0261. The average molecular weight is 414 g/mol. The smallest absolute Gasteiger partial charge is 0.322 e. The third kappa shape index (κ3) is 5.72. The van der Waals surface area contributed by atoms with Crippen molar-refractivity contribution in [1.29, 1.82) is 0 Å². The van der Waals surface area contributed by atoms with Crippen molar-refractivity contribution in [3.05, 3.63) is 101 Å². The van der Waals surface area contributed by atoms with Crippen LogP contribution in [0.2, 0.25) is 0 Å². The van der Waals surface area contributed by atoms with E-state index in [0.717, 1.165) is 36.2 Å². The van der Waals surface area contributed by atoms with E-state index in [1.54, 1.807) is 0 Å². The second kappa shape index (κ2) is 9.94. The summed E-state index contributed by atoms with van der Waals surface area (Å²) in [5, 5.41) is 5.95. The number of hydrogen-bond acceptors (Lipinski definition) is 2. The summed E-state index contributed by atoms with van der Waals surface area (Å²) in [6.45, 7) is 1.96. The van der Waals surface area contributed by atoms with Crippen LogP contribution in [0.5, 0.6) is 0 Å². The van der Waals surface area contributed by atoms with Crippen molar-refractivity contribution in [2.24, 2.45) is 0 Å². The van der Waals surface area contributed by atoms with Crippen LogP contribution in [0.3, 0.4) is 0 Å². The standard InChI is InChI=1S/C26H27N3O2/c30-25(18-21-6-2-1-3-7-21)27-16-14-20-10-12-24(13-11-20)28-26(31)29-17-15-22-8-4-5-9-23(22)19-29/h1-13H,14-19H2,(H,27,30)(H,28,31). The van der Waals surface area contributed by atoms with E-state index in [-0.39, 0.29) is 11.9 Å². The Labute approximate surface area is 183 Å².